The molecule has 0 bridgehead atoms. The summed E-state index contributed by atoms with van der Waals surface area (Å²) in [5.74, 6) is 1.42. The molecule has 1 saturated heterocycles. The normalized spacial score (nSPS) is 24.0. The lowest BCUT2D eigenvalue weighted by atomic mass is 9.80. The lowest BCUT2D eigenvalue weighted by molar-refractivity contribution is 0.0732. The fourth-order valence-electron chi connectivity index (χ4n) is 3.65. The summed E-state index contributed by atoms with van der Waals surface area (Å²) in [6.07, 6.45) is 7.62. The van der Waals surface area contributed by atoms with Crippen LogP contribution in [0.5, 0.6) is 0 Å². The molecule has 5 nitrogen and oxygen atoms in total. The standard InChI is InChI=1S/C21H26N4O/c26-19-13-18(14-19)20-15-21(23-16-22-20)25-11-9-24(10-12-25)8-4-7-17-5-2-1-3-6-17/h1-7,15-16,18-19,26H,8-14H2. The van der Waals surface area contributed by atoms with Gasteiger partial charge in [0.1, 0.15) is 12.1 Å². The minimum Gasteiger partial charge on any atom is -0.393 e. The van der Waals surface area contributed by atoms with Crippen molar-refractivity contribution in [3.8, 4) is 0 Å². The Bertz CT molecular complexity index is 735. The van der Waals surface area contributed by atoms with Gasteiger partial charge in [0.2, 0.25) is 0 Å². The lowest BCUT2D eigenvalue weighted by Crippen LogP contribution is -2.46. The highest BCUT2D eigenvalue weighted by Crippen LogP contribution is 2.36. The summed E-state index contributed by atoms with van der Waals surface area (Å²) >= 11 is 0. The largest absolute Gasteiger partial charge is 0.393 e. The second-order valence-corrected chi connectivity index (χ2v) is 7.22. The monoisotopic (exact) mass is 350 g/mol. The molecule has 0 radical (unpaired) electrons. The molecule has 0 unspecified atom stereocenters. The lowest BCUT2D eigenvalue weighted by Gasteiger charge is -2.35. The van der Waals surface area contributed by atoms with Crippen LogP contribution in [0, 0.1) is 0 Å². The van der Waals surface area contributed by atoms with Gasteiger partial charge in [-0.3, -0.25) is 4.90 Å². The number of rotatable bonds is 5. The zero-order chi connectivity index (χ0) is 17.8. The molecule has 0 atom stereocenters. The molecule has 1 aromatic heterocycles. The smallest absolute Gasteiger partial charge is 0.132 e. The van der Waals surface area contributed by atoms with Crippen LogP contribution < -0.4 is 4.90 Å². The van der Waals surface area contributed by atoms with E-state index in [1.54, 1.807) is 6.33 Å². The Labute approximate surface area is 155 Å². The summed E-state index contributed by atoms with van der Waals surface area (Å²) < 4.78 is 0. The number of hydrogen-bond donors (Lipinski definition) is 1. The van der Waals surface area contributed by atoms with E-state index in [1.165, 1.54) is 5.56 Å². The molecule has 2 aromatic rings. The minimum atomic E-state index is -0.147. The van der Waals surface area contributed by atoms with E-state index in [1.807, 2.05) is 6.07 Å². The molecule has 2 fully saturated rings. The van der Waals surface area contributed by atoms with Gasteiger partial charge in [0.05, 0.1) is 6.10 Å². The Morgan fingerprint density at radius 2 is 1.81 bits per heavy atom. The number of piperazine rings is 1. The van der Waals surface area contributed by atoms with Crippen LogP contribution in [-0.4, -0.2) is 58.8 Å². The molecule has 136 valence electrons. The van der Waals surface area contributed by atoms with Crippen LogP contribution in [0.25, 0.3) is 6.08 Å². The van der Waals surface area contributed by atoms with Crippen LogP contribution >= 0.6 is 0 Å². The van der Waals surface area contributed by atoms with E-state index in [-0.39, 0.29) is 6.10 Å². The Balaban J connectivity index is 1.28. The van der Waals surface area contributed by atoms with Crippen molar-refractivity contribution in [2.24, 2.45) is 0 Å². The summed E-state index contributed by atoms with van der Waals surface area (Å²) in [4.78, 5) is 13.7. The summed E-state index contributed by atoms with van der Waals surface area (Å²) in [5, 5.41) is 9.51. The third-order valence-corrected chi connectivity index (χ3v) is 5.38. The van der Waals surface area contributed by atoms with Crippen molar-refractivity contribution in [3.05, 3.63) is 60.1 Å². The summed E-state index contributed by atoms with van der Waals surface area (Å²) in [5.41, 5.74) is 2.33. The maximum absolute atomic E-state index is 9.51. The highest BCUT2D eigenvalue weighted by atomic mass is 16.3. The number of nitrogens with zero attached hydrogens (tertiary/aromatic N) is 4. The van der Waals surface area contributed by atoms with E-state index in [2.05, 4.69) is 62.3 Å². The third kappa shape index (κ3) is 4.11. The molecule has 1 aliphatic heterocycles. The first kappa shape index (κ1) is 17.2. The SMILES string of the molecule is OC1CC(c2cc(N3CCN(CC=Cc4ccccc4)CC3)ncn2)C1. The van der Waals surface area contributed by atoms with E-state index in [9.17, 15) is 5.11 Å². The molecule has 4 rings (SSSR count). The van der Waals surface area contributed by atoms with Crippen LogP contribution in [0.15, 0.2) is 48.8 Å². The van der Waals surface area contributed by atoms with Crippen molar-refractivity contribution in [1.82, 2.24) is 14.9 Å². The first-order valence-electron chi connectivity index (χ1n) is 9.47. The van der Waals surface area contributed by atoms with Crippen molar-refractivity contribution in [1.29, 1.82) is 0 Å². The molecule has 1 aliphatic carbocycles. The molecule has 1 N–H and O–H groups in total. The second-order valence-electron chi connectivity index (χ2n) is 7.22. The Morgan fingerprint density at radius 1 is 1.04 bits per heavy atom. The maximum Gasteiger partial charge on any atom is 0.132 e. The van der Waals surface area contributed by atoms with Gasteiger partial charge < -0.3 is 10.0 Å². The first-order valence-corrected chi connectivity index (χ1v) is 9.47. The molecule has 2 aliphatic rings. The average Bonchev–Trinajstić information content (AvgIpc) is 2.67. The van der Waals surface area contributed by atoms with E-state index in [0.29, 0.717) is 5.92 Å². The quantitative estimate of drug-likeness (QED) is 0.898. The van der Waals surface area contributed by atoms with Gasteiger partial charge in [-0.05, 0) is 18.4 Å². The van der Waals surface area contributed by atoms with E-state index in [4.69, 9.17) is 0 Å². The molecule has 2 heterocycles. The van der Waals surface area contributed by atoms with E-state index >= 15 is 0 Å². The molecule has 1 saturated carbocycles. The second kappa shape index (κ2) is 7.98. The van der Waals surface area contributed by atoms with Gasteiger partial charge in [0.15, 0.2) is 0 Å². The number of benzene rings is 1. The first-order chi connectivity index (χ1) is 12.8. The Morgan fingerprint density at radius 3 is 2.54 bits per heavy atom. The molecular weight excluding hydrogens is 324 g/mol. The summed E-state index contributed by atoms with van der Waals surface area (Å²) in [6.45, 7) is 5.05. The number of aliphatic hydroxyl groups excluding tert-OH is 1. The van der Waals surface area contributed by atoms with E-state index in [0.717, 1.165) is 57.1 Å². The number of aromatic nitrogens is 2. The number of hydrogen-bond acceptors (Lipinski definition) is 5. The van der Waals surface area contributed by atoms with Crippen molar-refractivity contribution in [2.75, 3.05) is 37.6 Å². The topological polar surface area (TPSA) is 52.5 Å². The third-order valence-electron chi connectivity index (χ3n) is 5.38. The van der Waals surface area contributed by atoms with Gasteiger partial charge >= 0.3 is 0 Å². The minimum absolute atomic E-state index is 0.147. The summed E-state index contributed by atoms with van der Waals surface area (Å²) in [7, 11) is 0. The Hall–Kier alpha value is -2.24. The average molecular weight is 350 g/mol. The molecular formula is C21H26N4O. The summed E-state index contributed by atoms with van der Waals surface area (Å²) in [6, 6.07) is 12.5. The Kier molecular flexibility index (Phi) is 5.27. The molecule has 0 amide bonds. The van der Waals surface area contributed by atoms with Crippen LogP contribution in [0.4, 0.5) is 5.82 Å². The van der Waals surface area contributed by atoms with Gasteiger partial charge in [-0.15, -0.1) is 0 Å². The predicted molar refractivity (Wildman–Crippen MR) is 104 cm³/mol. The van der Waals surface area contributed by atoms with Crippen LogP contribution in [0.2, 0.25) is 0 Å². The predicted octanol–water partition coefficient (Wildman–Crippen LogP) is 2.55. The van der Waals surface area contributed by atoms with Crippen molar-refractivity contribution < 1.29 is 5.11 Å². The zero-order valence-corrected chi connectivity index (χ0v) is 15.0. The van der Waals surface area contributed by atoms with Gasteiger partial charge in [-0.2, -0.15) is 0 Å². The number of aliphatic hydroxyl groups is 1. The molecule has 26 heavy (non-hydrogen) atoms. The number of anilines is 1. The van der Waals surface area contributed by atoms with Gasteiger partial charge in [0.25, 0.3) is 0 Å². The van der Waals surface area contributed by atoms with Gasteiger partial charge in [0, 0.05) is 50.4 Å². The van der Waals surface area contributed by atoms with Crippen molar-refractivity contribution >= 4 is 11.9 Å². The van der Waals surface area contributed by atoms with Crippen molar-refractivity contribution in [2.45, 2.75) is 24.9 Å². The van der Waals surface area contributed by atoms with E-state index < -0.39 is 0 Å². The van der Waals surface area contributed by atoms with Crippen molar-refractivity contribution in [3.63, 3.8) is 0 Å². The fourth-order valence-corrected chi connectivity index (χ4v) is 3.65. The molecule has 0 spiro atoms. The van der Waals surface area contributed by atoms with Crippen LogP contribution in [-0.2, 0) is 0 Å². The highest BCUT2D eigenvalue weighted by Gasteiger charge is 2.30. The highest BCUT2D eigenvalue weighted by molar-refractivity contribution is 5.48. The van der Waals surface area contributed by atoms with Gasteiger partial charge in [-0.25, -0.2) is 9.97 Å². The van der Waals surface area contributed by atoms with Gasteiger partial charge in [-0.1, -0.05) is 42.5 Å². The molecule has 5 heteroatoms. The zero-order valence-electron chi connectivity index (χ0n) is 15.0. The maximum atomic E-state index is 9.51. The van der Waals surface area contributed by atoms with Crippen LogP contribution in [0.3, 0.4) is 0 Å². The molecule has 1 aromatic carbocycles. The van der Waals surface area contributed by atoms with Crippen LogP contribution in [0.1, 0.15) is 30.0 Å². The fraction of sp³-hybridized carbons (Fsp3) is 0.429.